The summed E-state index contributed by atoms with van der Waals surface area (Å²) in [5.41, 5.74) is 0.383. The Hall–Kier alpha value is -3.51. The van der Waals surface area contributed by atoms with Crippen LogP contribution in [0.3, 0.4) is 0 Å². The normalized spacial score (nSPS) is 27.5. The zero-order valence-electron chi connectivity index (χ0n) is 21.4. The van der Waals surface area contributed by atoms with Crippen LogP contribution >= 0.6 is 11.8 Å². The fourth-order valence-electron chi connectivity index (χ4n) is 5.42. The van der Waals surface area contributed by atoms with E-state index in [1.807, 2.05) is 6.92 Å². The maximum Gasteiger partial charge on any atom is 0.353 e. The van der Waals surface area contributed by atoms with Crippen LogP contribution in [0.2, 0.25) is 0 Å². The highest BCUT2D eigenvalue weighted by atomic mass is 32.2. The van der Waals surface area contributed by atoms with Gasteiger partial charge in [0.05, 0.1) is 18.1 Å². The fraction of sp³-hybridized carbons (Fsp3) is 0.462. The number of aliphatic hydroxyl groups excluding tert-OH is 1. The van der Waals surface area contributed by atoms with E-state index in [0.717, 1.165) is 0 Å². The van der Waals surface area contributed by atoms with E-state index < -0.39 is 41.9 Å². The number of hydrogen-bond acceptors (Lipinski definition) is 8. The zero-order valence-corrected chi connectivity index (χ0v) is 22.3. The number of carbonyl (C=O) groups is 4. The molecule has 38 heavy (non-hydrogen) atoms. The van der Waals surface area contributed by atoms with Gasteiger partial charge in [0.2, 0.25) is 17.7 Å². The molecule has 2 saturated heterocycles. The predicted molar refractivity (Wildman–Crippen MR) is 139 cm³/mol. The van der Waals surface area contributed by atoms with Gasteiger partial charge in [-0.25, -0.2) is 4.79 Å². The van der Waals surface area contributed by atoms with Crippen molar-refractivity contribution in [1.82, 2.24) is 14.7 Å². The smallest absolute Gasteiger partial charge is 0.353 e. The number of benzene rings is 1. The third-order valence-electron chi connectivity index (χ3n) is 7.29. The molecule has 204 valence electrons. The van der Waals surface area contributed by atoms with Crippen LogP contribution in [0.4, 0.5) is 0 Å². The highest BCUT2D eigenvalue weighted by Gasteiger charge is 2.60. The molecule has 0 spiro atoms. The van der Waals surface area contributed by atoms with Gasteiger partial charge in [0.1, 0.15) is 11.7 Å². The fourth-order valence-corrected chi connectivity index (χ4v) is 6.95. The summed E-state index contributed by atoms with van der Waals surface area (Å²) in [4.78, 5) is 55.5. The molecule has 2 fully saturated rings. The summed E-state index contributed by atoms with van der Waals surface area (Å²) < 4.78 is 0. The molecule has 0 bridgehead atoms. The number of carboxylic acids is 1. The van der Waals surface area contributed by atoms with Crippen molar-refractivity contribution in [3.8, 4) is 11.5 Å². The van der Waals surface area contributed by atoms with Crippen molar-refractivity contribution in [2.45, 2.75) is 43.7 Å². The monoisotopic (exact) mass is 545 g/mol. The van der Waals surface area contributed by atoms with Crippen LogP contribution in [0.25, 0.3) is 6.08 Å². The molecule has 1 aromatic carbocycles. The Morgan fingerprint density at radius 2 is 1.87 bits per heavy atom. The summed E-state index contributed by atoms with van der Waals surface area (Å²) in [7, 11) is 3.19. The topological polar surface area (TPSA) is 159 Å². The molecule has 0 radical (unpaired) electrons. The summed E-state index contributed by atoms with van der Waals surface area (Å²) in [5.74, 6) is -3.95. The van der Waals surface area contributed by atoms with Crippen LogP contribution in [-0.2, 0) is 19.2 Å². The molecule has 6 atom stereocenters. The minimum absolute atomic E-state index is 0.0957. The summed E-state index contributed by atoms with van der Waals surface area (Å²) >= 11 is 1.27. The number of carbonyl (C=O) groups excluding carboxylic acids is 3. The van der Waals surface area contributed by atoms with Gasteiger partial charge in [-0.2, -0.15) is 0 Å². The summed E-state index contributed by atoms with van der Waals surface area (Å²) in [5, 5.41) is 38.9. The molecule has 12 heteroatoms. The van der Waals surface area contributed by atoms with Crippen molar-refractivity contribution in [2.24, 2.45) is 11.8 Å². The van der Waals surface area contributed by atoms with E-state index in [4.69, 9.17) is 0 Å². The third-order valence-corrected chi connectivity index (χ3v) is 8.79. The Morgan fingerprint density at radius 3 is 2.45 bits per heavy atom. The van der Waals surface area contributed by atoms with Gasteiger partial charge in [-0.3, -0.25) is 14.4 Å². The van der Waals surface area contributed by atoms with Crippen LogP contribution in [0, 0.1) is 11.8 Å². The molecule has 1 aromatic rings. The second-order valence-corrected chi connectivity index (χ2v) is 11.4. The summed E-state index contributed by atoms with van der Waals surface area (Å²) in [6, 6.07) is 2.92. The number of amides is 3. The van der Waals surface area contributed by atoms with Gasteiger partial charge in [-0.05, 0) is 37.1 Å². The average molecular weight is 546 g/mol. The molecule has 3 unspecified atom stereocenters. The number of rotatable bonds is 7. The van der Waals surface area contributed by atoms with Gasteiger partial charge in [0, 0.05) is 42.8 Å². The molecule has 3 heterocycles. The number of fused-ring (bicyclic) bond motifs is 1. The van der Waals surface area contributed by atoms with Gasteiger partial charge < -0.3 is 35.1 Å². The first-order chi connectivity index (χ1) is 17.8. The number of carboxylic acid groups (broad SMARTS) is 1. The summed E-state index contributed by atoms with van der Waals surface area (Å²) in [6.07, 6.45) is 2.14. The highest BCUT2D eigenvalue weighted by molar-refractivity contribution is 8.03. The number of β-lactam (4-membered cyclic amide) rings is 1. The Morgan fingerprint density at radius 1 is 1.18 bits per heavy atom. The van der Waals surface area contributed by atoms with Crippen LogP contribution in [0.15, 0.2) is 34.9 Å². The zero-order chi connectivity index (χ0) is 28.0. The first kappa shape index (κ1) is 27.5. The SMILES string of the molecule is CC(O)[C@H]1C(=O)N2C(C(=O)O)=C(SC3CC(C(=O)N(C)C)N(C(=O)/C=C/c4ccc(O)c(O)c4)C3)[C@@H](C)[C@H]12. The predicted octanol–water partition coefficient (Wildman–Crippen LogP) is 1.06. The molecular weight excluding hydrogens is 514 g/mol. The Balaban J connectivity index is 1.57. The minimum Gasteiger partial charge on any atom is -0.504 e. The number of aromatic hydroxyl groups is 2. The Labute approximate surface area is 224 Å². The number of likely N-dealkylation sites (N-methyl/N-ethyl adjacent to an activating group) is 1. The third kappa shape index (κ3) is 4.73. The number of nitrogens with zero attached hydrogens (tertiary/aromatic N) is 3. The van der Waals surface area contributed by atoms with E-state index in [0.29, 0.717) is 16.9 Å². The minimum atomic E-state index is -1.23. The maximum atomic E-state index is 13.2. The van der Waals surface area contributed by atoms with Crippen molar-refractivity contribution in [2.75, 3.05) is 20.6 Å². The molecule has 4 rings (SSSR count). The molecule has 3 amide bonds. The van der Waals surface area contributed by atoms with Gasteiger partial charge in [-0.1, -0.05) is 13.0 Å². The first-order valence-corrected chi connectivity index (χ1v) is 13.1. The lowest BCUT2D eigenvalue weighted by Gasteiger charge is -2.46. The van der Waals surface area contributed by atoms with Crippen LogP contribution in [0.5, 0.6) is 11.5 Å². The molecule has 0 saturated carbocycles. The van der Waals surface area contributed by atoms with Crippen molar-refractivity contribution >= 4 is 41.5 Å². The molecule has 3 aliphatic heterocycles. The standard InChI is InChI=1S/C26H31N3O8S/c1-12-21-20(13(2)30)25(35)29(21)22(26(36)37)23(12)38-15-10-16(24(34)27(3)4)28(11-15)19(33)8-6-14-5-7-17(31)18(32)9-14/h5-9,12-13,15-16,20-21,30-32H,10-11H2,1-4H3,(H,36,37)/b8-6+/t12-,13?,15?,16?,20+,21+/m0/s1. The van der Waals surface area contributed by atoms with Crippen molar-refractivity contribution in [1.29, 1.82) is 0 Å². The largest absolute Gasteiger partial charge is 0.504 e. The number of likely N-dealkylation sites (tertiary alicyclic amines) is 1. The maximum absolute atomic E-state index is 13.2. The second-order valence-electron chi connectivity index (χ2n) is 10.1. The van der Waals surface area contributed by atoms with E-state index in [9.17, 15) is 39.6 Å². The van der Waals surface area contributed by atoms with E-state index in [1.165, 1.54) is 63.7 Å². The number of aliphatic hydroxyl groups is 1. The molecule has 4 N–H and O–H groups in total. The highest BCUT2D eigenvalue weighted by Crippen LogP contribution is 2.52. The number of thioether (sulfide) groups is 1. The lowest BCUT2D eigenvalue weighted by Crippen LogP contribution is -2.63. The van der Waals surface area contributed by atoms with Crippen molar-refractivity contribution in [3.05, 3.63) is 40.4 Å². The van der Waals surface area contributed by atoms with E-state index in [1.54, 1.807) is 14.1 Å². The molecule has 3 aliphatic rings. The van der Waals surface area contributed by atoms with Crippen molar-refractivity contribution < 1.29 is 39.6 Å². The Bertz CT molecular complexity index is 1240. The molecule has 11 nitrogen and oxygen atoms in total. The van der Waals surface area contributed by atoms with Crippen LogP contribution in [0.1, 0.15) is 25.8 Å². The number of phenols is 2. The number of phenolic OH excluding ortho intramolecular Hbond substituents is 2. The van der Waals surface area contributed by atoms with E-state index in [-0.39, 0.29) is 40.8 Å². The lowest BCUT2D eigenvalue weighted by molar-refractivity contribution is -0.163. The van der Waals surface area contributed by atoms with Gasteiger partial charge in [-0.15, -0.1) is 11.8 Å². The number of aliphatic carboxylic acids is 1. The molecular formula is C26H31N3O8S. The van der Waals surface area contributed by atoms with Gasteiger partial charge in [0.25, 0.3) is 0 Å². The van der Waals surface area contributed by atoms with E-state index in [2.05, 4.69) is 0 Å². The van der Waals surface area contributed by atoms with Crippen molar-refractivity contribution in [3.63, 3.8) is 0 Å². The van der Waals surface area contributed by atoms with Crippen LogP contribution in [-0.4, -0.2) is 103 Å². The quantitative estimate of drug-likeness (QED) is 0.223. The molecule has 0 aromatic heterocycles. The first-order valence-electron chi connectivity index (χ1n) is 12.2. The van der Waals surface area contributed by atoms with Gasteiger partial charge in [0.15, 0.2) is 11.5 Å². The Kier molecular flexibility index (Phi) is 7.48. The second kappa shape index (κ2) is 10.3. The lowest BCUT2D eigenvalue weighted by atomic mass is 9.79. The number of hydrogen-bond donors (Lipinski definition) is 4. The molecule has 0 aliphatic carbocycles. The summed E-state index contributed by atoms with van der Waals surface area (Å²) in [6.45, 7) is 3.53. The average Bonchev–Trinajstić information content (AvgIpc) is 3.36. The van der Waals surface area contributed by atoms with Crippen LogP contribution < -0.4 is 0 Å². The van der Waals surface area contributed by atoms with Gasteiger partial charge >= 0.3 is 5.97 Å². The van der Waals surface area contributed by atoms with E-state index >= 15 is 0 Å².